The number of hydrogen-bond acceptors (Lipinski definition) is 3. The first kappa shape index (κ1) is 16.9. The molecule has 1 heterocycles. The molecule has 4 nitrogen and oxygen atoms in total. The Balaban J connectivity index is 1.89. The Hall–Kier alpha value is -3.53. The molecule has 0 atom stereocenters. The van der Waals surface area contributed by atoms with Crippen LogP contribution in [0.5, 0.6) is 11.5 Å². The van der Waals surface area contributed by atoms with Gasteiger partial charge in [0.2, 0.25) is 0 Å². The second kappa shape index (κ2) is 7.38. The monoisotopic (exact) mass is 356 g/mol. The van der Waals surface area contributed by atoms with Crippen LogP contribution in [0.2, 0.25) is 0 Å². The smallest absolute Gasteiger partial charge is 0.119 e. The quantitative estimate of drug-likeness (QED) is 0.492. The number of hydrogen-bond donors (Lipinski definition) is 0. The van der Waals surface area contributed by atoms with Crippen LogP contribution in [0.25, 0.3) is 28.2 Å². The Labute approximate surface area is 158 Å². The maximum Gasteiger partial charge on any atom is 0.119 e. The van der Waals surface area contributed by atoms with Crippen molar-refractivity contribution in [1.29, 1.82) is 0 Å². The Morgan fingerprint density at radius 3 is 1.96 bits per heavy atom. The summed E-state index contributed by atoms with van der Waals surface area (Å²) in [6, 6.07) is 28.2. The van der Waals surface area contributed by atoms with Crippen molar-refractivity contribution < 1.29 is 9.47 Å². The van der Waals surface area contributed by atoms with Gasteiger partial charge in [0.25, 0.3) is 0 Å². The average molecular weight is 356 g/mol. The first-order valence-electron chi connectivity index (χ1n) is 8.73. The molecule has 1 aromatic heterocycles. The van der Waals surface area contributed by atoms with Gasteiger partial charge in [0.1, 0.15) is 11.5 Å². The third-order valence-corrected chi connectivity index (χ3v) is 4.44. The fourth-order valence-electron chi connectivity index (χ4n) is 3.06. The Bertz CT molecular complexity index is 1050. The molecule has 0 aliphatic rings. The number of aromatic nitrogens is 2. The van der Waals surface area contributed by atoms with Crippen molar-refractivity contribution >= 4 is 0 Å². The Morgan fingerprint density at radius 2 is 1.30 bits per heavy atom. The minimum absolute atomic E-state index is 0.810. The molecule has 4 aromatic rings. The SMILES string of the molecule is COc1cccc(-c2cc(-c3cccc(OC)c3)n(-c3ccccc3)n2)c1. The molecule has 4 rings (SSSR count). The van der Waals surface area contributed by atoms with Crippen molar-refractivity contribution in [2.45, 2.75) is 0 Å². The van der Waals surface area contributed by atoms with E-state index in [-0.39, 0.29) is 0 Å². The molecule has 3 aromatic carbocycles. The van der Waals surface area contributed by atoms with Crippen LogP contribution in [0.15, 0.2) is 84.9 Å². The van der Waals surface area contributed by atoms with Crippen LogP contribution >= 0.6 is 0 Å². The summed E-state index contributed by atoms with van der Waals surface area (Å²) >= 11 is 0. The van der Waals surface area contributed by atoms with Gasteiger partial charge in [0.15, 0.2) is 0 Å². The van der Waals surface area contributed by atoms with Crippen LogP contribution in [-0.2, 0) is 0 Å². The normalized spacial score (nSPS) is 10.6. The molecule has 0 saturated heterocycles. The average Bonchev–Trinajstić information content (AvgIpc) is 3.20. The number of methoxy groups -OCH3 is 2. The lowest BCUT2D eigenvalue weighted by Crippen LogP contribution is -1.99. The van der Waals surface area contributed by atoms with Crippen molar-refractivity contribution in [3.05, 3.63) is 84.9 Å². The van der Waals surface area contributed by atoms with Crippen molar-refractivity contribution in [2.75, 3.05) is 14.2 Å². The van der Waals surface area contributed by atoms with E-state index in [4.69, 9.17) is 14.6 Å². The largest absolute Gasteiger partial charge is 0.497 e. The summed E-state index contributed by atoms with van der Waals surface area (Å²) in [5, 5.41) is 4.88. The Kier molecular flexibility index (Phi) is 4.62. The van der Waals surface area contributed by atoms with E-state index < -0.39 is 0 Å². The predicted octanol–water partition coefficient (Wildman–Crippen LogP) is 5.22. The van der Waals surface area contributed by atoms with Gasteiger partial charge in [-0.2, -0.15) is 5.10 Å². The molecule has 0 unspecified atom stereocenters. The zero-order valence-corrected chi connectivity index (χ0v) is 15.3. The lowest BCUT2D eigenvalue weighted by atomic mass is 10.1. The third-order valence-electron chi connectivity index (χ3n) is 4.44. The third kappa shape index (κ3) is 3.42. The highest BCUT2D eigenvalue weighted by Crippen LogP contribution is 2.31. The van der Waals surface area contributed by atoms with Gasteiger partial charge in [0.05, 0.1) is 31.3 Å². The van der Waals surface area contributed by atoms with Gasteiger partial charge in [-0.3, -0.25) is 0 Å². The highest BCUT2D eigenvalue weighted by Gasteiger charge is 2.14. The van der Waals surface area contributed by atoms with E-state index in [0.29, 0.717) is 0 Å². The highest BCUT2D eigenvalue weighted by molar-refractivity contribution is 5.72. The zero-order chi connectivity index (χ0) is 18.6. The lowest BCUT2D eigenvalue weighted by molar-refractivity contribution is 0.415. The van der Waals surface area contributed by atoms with E-state index in [1.807, 2.05) is 77.5 Å². The van der Waals surface area contributed by atoms with Gasteiger partial charge < -0.3 is 9.47 Å². The molecular formula is C23H20N2O2. The van der Waals surface area contributed by atoms with Crippen molar-refractivity contribution in [1.82, 2.24) is 9.78 Å². The molecule has 4 heteroatoms. The Morgan fingerprint density at radius 1 is 0.667 bits per heavy atom. The van der Waals surface area contributed by atoms with Crippen molar-refractivity contribution in [3.63, 3.8) is 0 Å². The van der Waals surface area contributed by atoms with Crippen molar-refractivity contribution in [3.8, 4) is 39.7 Å². The minimum Gasteiger partial charge on any atom is -0.497 e. The van der Waals surface area contributed by atoms with E-state index in [9.17, 15) is 0 Å². The number of ether oxygens (including phenoxy) is 2. The van der Waals surface area contributed by atoms with Crippen LogP contribution in [0, 0.1) is 0 Å². The molecular weight excluding hydrogens is 336 g/mol. The highest BCUT2D eigenvalue weighted by atomic mass is 16.5. The van der Waals surface area contributed by atoms with Gasteiger partial charge in [-0.05, 0) is 42.5 Å². The number of para-hydroxylation sites is 1. The van der Waals surface area contributed by atoms with Crippen LogP contribution in [0.4, 0.5) is 0 Å². The molecule has 0 bridgehead atoms. The maximum atomic E-state index is 5.40. The molecule has 0 saturated carbocycles. The van der Waals surface area contributed by atoms with E-state index in [1.165, 1.54) is 0 Å². The second-order valence-corrected chi connectivity index (χ2v) is 6.13. The van der Waals surface area contributed by atoms with Crippen LogP contribution in [0.3, 0.4) is 0 Å². The fraction of sp³-hybridized carbons (Fsp3) is 0.0870. The molecule has 0 amide bonds. The topological polar surface area (TPSA) is 36.3 Å². The molecule has 0 radical (unpaired) electrons. The van der Waals surface area contributed by atoms with Crippen LogP contribution in [-0.4, -0.2) is 24.0 Å². The molecule has 0 spiro atoms. The lowest BCUT2D eigenvalue weighted by Gasteiger charge is -2.08. The first-order valence-corrected chi connectivity index (χ1v) is 8.73. The van der Waals surface area contributed by atoms with E-state index in [2.05, 4.69) is 12.1 Å². The molecule has 0 aliphatic carbocycles. The molecule has 134 valence electrons. The molecule has 0 fully saturated rings. The van der Waals surface area contributed by atoms with Crippen LogP contribution in [0.1, 0.15) is 0 Å². The second-order valence-electron chi connectivity index (χ2n) is 6.13. The fourth-order valence-corrected chi connectivity index (χ4v) is 3.06. The molecule has 0 aliphatic heterocycles. The van der Waals surface area contributed by atoms with Gasteiger partial charge in [0, 0.05) is 11.1 Å². The maximum absolute atomic E-state index is 5.40. The number of rotatable bonds is 5. The van der Waals surface area contributed by atoms with E-state index >= 15 is 0 Å². The predicted molar refractivity (Wildman–Crippen MR) is 108 cm³/mol. The van der Waals surface area contributed by atoms with Crippen molar-refractivity contribution in [2.24, 2.45) is 0 Å². The van der Waals surface area contributed by atoms with E-state index in [0.717, 1.165) is 39.7 Å². The first-order chi connectivity index (χ1) is 13.3. The summed E-state index contributed by atoms with van der Waals surface area (Å²) < 4.78 is 12.7. The summed E-state index contributed by atoms with van der Waals surface area (Å²) in [6.45, 7) is 0. The van der Waals surface area contributed by atoms with Gasteiger partial charge >= 0.3 is 0 Å². The summed E-state index contributed by atoms with van der Waals surface area (Å²) in [5.41, 5.74) is 4.94. The van der Waals surface area contributed by atoms with Gasteiger partial charge in [-0.1, -0.05) is 42.5 Å². The molecule has 27 heavy (non-hydrogen) atoms. The van der Waals surface area contributed by atoms with Gasteiger partial charge in [-0.25, -0.2) is 4.68 Å². The summed E-state index contributed by atoms with van der Waals surface area (Å²) in [5.74, 6) is 1.63. The van der Waals surface area contributed by atoms with E-state index in [1.54, 1.807) is 14.2 Å². The summed E-state index contributed by atoms with van der Waals surface area (Å²) in [7, 11) is 3.35. The van der Waals surface area contributed by atoms with Gasteiger partial charge in [-0.15, -0.1) is 0 Å². The number of benzene rings is 3. The number of nitrogens with zero attached hydrogens (tertiary/aromatic N) is 2. The summed E-state index contributed by atoms with van der Waals surface area (Å²) in [6.07, 6.45) is 0. The standard InChI is InChI=1S/C23H20N2O2/c1-26-20-12-6-8-17(14-20)22-16-23(18-9-7-13-21(15-18)27-2)25(24-22)19-10-4-3-5-11-19/h3-16H,1-2H3. The molecule has 0 N–H and O–H groups in total. The van der Waals surface area contributed by atoms with Crippen LogP contribution < -0.4 is 9.47 Å². The minimum atomic E-state index is 0.810. The zero-order valence-electron chi connectivity index (χ0n) is 15.3. The summed E-state index contributed by atoms with van der Waals surface area (Å²) in [4.78, 5) is 0.